The highest BCUT2D eigenvalue weighted by molar-refractivity contribution is 5.79. The maximum Gasteiger partial charge on any atom is 0.169 e. The summed E-state index contributed by atoms with van der Waals surface area (Å²) in [5, 5.41) is 0. The van der Waals surface area contributed by atoms with Gasteiger partial charge in [0.25, 0.3) is 0 Å². The predicted octanol–water partition coefficient (Wildman–Crippen LogP) is 3.64. The van der Waals surface area contributed by atoms with Crippen LogP contribution in [0.4, 0.5) is 0 Å². The summed E-state index contributed by atoms with van der Waals surface area (Å²) in [7, 11) is 0. The van der Waals surface area contributed by atoms with Crippen LogP contribution in [0.1, 0.15) is 24.5 Å². The van der Waals surface area contributed by atoms with E-state index in [1.807, 2.05) is 49.4 Å². The van der Waals surface area contributed by atoms with Gasteiger partial charge in [0.05, 0.1) is 0 Å². The summed E-state index contributed by atoms with van der Waals surface area (Å²) in [5.41, 5.74) is 2.35. The molecule has 0 heterocycles. The molecule has 2 aromatic carbocycles. The molecular weight excluding hydrogens is 236 g/mol. The minimum atomic E-state index is 0.120. The van der Waals surface area contributed by atoms with E-state index in [1.165, 1.54) is 5.56 Å². The molecule has 0 aliphatic heterocycles. The summed E-state index contributed by atoms with van der Waals surface area (Å²) in [4.78, 5) is 11.3. The molecule has 0 atom stereocenters. The summed E-state index contributed by atoms with van der Waals surface area (Å²) in [6, 6.07) is 18.1. The Morgan fingerprint density at radius 3 is 2.42 bits per heavy atom. The number of carbonyl (C=O) groups is 1. The SMILES string of the molecule is CCC(=O)COc1ccccc1Cc1ccccc1. The van der Waals surface area contributed by atoms with Gasteiger partial charge in [0.15, 0.2) is 5.78 Å². The van der Waals surface area contributed by atoms with E-state index in [1.54, 1.807) is 0 Å². The van der Waals surface area contributed by atoms with Crippen LogP contribution in [0.3, 0.4) is 0 Å². The minimum Gasteiger partial charge on any atom is -0.486 e. The smallest absolute Gasteiger partial charge is 0.169 e. The fourth-order valence-corrected chi connectivity index (χ4v) is 1.87. The average Bonchev–Trinajstić information content (AvgIpc) is 2.47. The standard InChI is InChI=1S/C17H18O2/c1-2-16(18)13-19-17-11-7-6-10-15(17)12-14-8-4-3-5-9-14/h3-11H,2,12-13H2,1H3. The number of hydrogen-bond donors (Lipinski definition) is 0. The first-order valence-corrected chi connectivity index (χ1v) is 6.56. The third kappa shape index (κ3) is 3.95. The van der Waals surface area contributed by atoms with E-state index in [-0.39, 0.29) is 12.4 Å². The first kappa shape index (κ1) is 13.3. The number of Topliss-reactive ketones (excluding diaryl/α,β-unsaturated/α-hetero) is 1. The lowest BCUT2D eigenvalue weighted by Crippen LogP contribution is -2.10. The van der Waals surface area contributed by atoms with Crippen LogP contribution < -0.4 is 4.74 Å². The van der Waals surface area contributed by atoms with Crippen LogP contribution in [0.15, 0.2) is 54.6 Å². The minimum absolute atomic E-state index is 0.120. The summed E-state index contributed by atoms with van der Waals surface area (Å²) < 4.78 is 5.61. The highest BCUT2D eigenvalue weighted by atomic mass is 16.5. The number of ketones is 1. The maximum absolute atomic E-state index is 11.3. The first-order chi connectivity index (χ1) is 9.29. The number of carbonyl (C=O) groups excluding carboxylic acids is 1. The molecule has 0 saturated heterocycles. The van der Waals surface area contributed by atoms with Crippen molar-refractivity contribution in [1.82, 2.24) is 0 Å². The monoisotopic (exact) mass is 254 g/mol. The van der Waals surface area contributed by atoms with Crippen LogP contribution >= 0.6 is 0 Å². The van der Waals surface area contributed by atoms with E-state index in [4.69, 9.17) is 4.74 Å². The Balaban J connectivity index is 2.10. The summed E-state index contributed by atoms with van der Waals surface area (Å²) in [6.07, 6.45) is 1.33. The number of benzene rings is 2. The van der Waals surface area contributed by atoms with Gasteiger partial charge in [0.1, 0.15) is 12.4 Å². The quantitative estimate of drug-likeness (QED) is 0.786. The Kier molecular flexibility index (Phi) is 4.73. The van der Waals surface area contributed by atoms with Crippen molar-refractivity contribution < 1.29 is 9.53 Å². The normalized spacial score (nSPS) is 10.2. The van der Waals surface area contributed by atoms with Crippen molar-refractivity contribution in [3.63, 3.8) is 0 Å². The summed E-state index contributed by atoms with van der Waals surface area (Å²) in [5.74, 6) is 0.919. The van der Waals surface area contributed by atoms with Crippen molar-refractivity contribution in [2.45, 2.75) is 19.8 Å². The second kappa shape index (κ2) is 6.74. The molecule has 19 heavy (non-hydrogen) atoms. The van der Waals surface area contributed by atoms with E-state index in [0.29, 0.717) is 6.42 Å². The Morgan fingerprint density at radius 1 is 1.00 bits per heavy atom. The molecule has 0 saturated carbocycles. The molecule has 0 bridgehead atoms. The van der Waals surface area contributed by atoms with Crippen LogP contribution in [-0.4, -0.2) is 12.4 Å². The van der Waals surface area contributed by atoms with Crippen molar-refractivity contribution in [1.29, 1.82) is 0 Å². The van der Waals surface area contributed by atoms with Crippen LogP contribution in [0, 0.1) is 0 Å². The molecule has 0 N–H and O–H groups in total. The highest BCUT2D eigenvalue weighted by Gasteiger charge is 2.06. The van der Waals surface area contributed by atoms with Gasteiger partial charge in [-0.05, 0) is 17.2 Å². The zero-order valence-corrected chi connectivity index (χ0v) is 11.1. The Labute approximate surface area is 114 Å². The maximum atomic E-state index is 11.3. The zero-order valence-electron chi connectivity index (χ0n) is 11.1. The lowest BCUT2D eigenvalue weighted by Gasteiger charge is -2.10. The molecule has 2 heteroatoms. The van der Waals surface area contributed by atoms with Gasteiger partial charge in [0.2, 0.25) is 0 Å². The first-order valence-electron chi connectivity index (χ1n) is 6.56. The fraction of sp³-hybridized carbons (Fsp3) is 0.235. The third-order valence-corrected chi connectivity index (χ3v) is 2.99. The molecule has 2 aromatic rings. The second-order valence-corrected chi connectivity index (χ2v) is 4.45. The number of hydrogen-bond acceptors (Lipinski definition) is 2. The fourth-order valence-electron chi connectivity index (χ4n) is 1.87. The zero-order chi connectivity index (χ0) is 13.5. The van der Waals surface area contributed by atoms with E-state index in [0.717, 1.165) is 17.7 Å². The molecule has 0 spiro atoms. The summed E-state index contributed by atoms with van der Waals surface area (Å²) >= 11 is 0. The van der Waals surface area contributed by atoms with Crippen molar-refractivity contribution in [2.24, 2.45) is 0 Å². The highest BCUT2D eigenvalue weighted by Crippen LogP contribution is 2.21. The molecular formula is C17H18O2. The average molecular weight is 254 g/mol. The number of rotatable bonds is 6. The van der Waals surface area contributed by atoms with Crippen molar-refractivity contribution in [2.75, 3.05) is 6.61 Å². The number of ether oxygens (including phenoxy) is 1. The molecule has 98 valence electrons. The predicted molar refractivity (Wildman–Crippen MR) is 76.5 cm³/mol. The van der Waals surface area contributed by atoms with Gasteiger partial charge in [0, 0.05) is 12.8 Å². The van der Waals surface area contributed by atoms with Gasteiger partial charge in [-0.3, -0.25) is 4.79 Å². The van der Waals surface area contributed by atoms with Gasteiger partial charge in [-0.2, -0.15) is 0 Å². The van der Waals surface area contributed by atoms with Crippen molar-refractivity contribution in [3.8, 4) is 5.75 Å². The van der Waals surface area contributed by atoms with E-state index < -0.39 is 0 Å². The molecule has 0 radical (unpaired) electrons. The molecule has 0 fully saturated rings. The Morgan fingerprint density at radius 2 is 1.68 bits per heavy atom. The molecule has 2 rings (SSSR count). The van der Waals surface area contributed by atoms with Crippen LogP contribution in [-0.2, 0) is 11.2 Å². The third-order valence-electron chi connectivity index (χ3n) is 2.99. The number of para-hydroxylation sites is 1. The van der Waals surface area contributed by atoms with Crippen molar-refractivity contribution >= 4 is 5.78 Å². The summed E-state index contributed by atoms with van der Waals surface area (Å²) in [6.45, 7) is 2.00. The molecule has 0 aliphatic rings. The van der Waals surface area contributed by atoms with E-state index in [2.05, 4.69) is 12.1 Å². The largest absolute Gasteiger partial charge is 0.486 e. The van der Waals surface area contributed by atoms with Crippen LogP contribution in [0.5, 0.6) is 5.75 Å². The van der Waals surface area contributed by atoms with Gasteiger partial charge < -0.3 is 4.74 Å². The molecule has 2 nitrogen and oxygen atoms in total. The Hall–Kier alpha value is -2.09. The lowest BCUT2D eigenvalue weighted by atomic mass is 10.0. The molecule has 0 aliphatic carbocycles. The van der Waals surface area contributed by atoms with Crippen molar-refractivity contribution in [3.05, 3.63) is 65.7 Å². The molecule has 0 aromatic heterocycles. The van der Waals surface area contributed by atoms with Gasteiger partial charge in [-0.25, -0.2) is 0 Å². The Bertz CT molecular complexity index is 532. The van der Waals surface area contributed by atoms with Gasteiger partial charge in [-0.1, -0.05) is 55.5 Å². The van der Waals surface area contributed by atoms with E-state index >= 15 is 0 Å². The molecule has 0 unspecified atom stereocenters. The van der Waals surface area contributed by atoms with Crippen LogP contribution in [0.25, 0.3) is 0 Å². The molecule has 0 amide bonds. The lowest BCUT2D eigenvalue weighted by molar-refractivity contribution is -0.120. The second-order valence-electron chi connectivity index (χ2n) is 4.45. The van der Waals surface area contributed by atoms with Gasteiger partial charge in [-0.15, -0.1) is 0 Å². The van der Waals surface area contributed by atoms with Crippen LogP contribution in [0.2, 0.25) is 0 Å². The topological polar surface area (TPSA) is 26.3 Å². The van der Waals surface area contributed by atoms with Gasteiger partial charge >= 0.3 is 0 Å². The van der Waals surface area contributed by atoms with E-state index in [9.17, 15) is 4.79 Å².